The topological polar surface area (TPSA) is 176 Å². The largest absolute Gasteiger partial charge is 0.497 e. The molecule has 0 spiro atoms. The minimum absolute atomic E-state index is 0.0514. The molecule has 42 heavy (non-hydrogen) atoms. The molecule has 3 aromatic rings. The van der Waals surface area contributed by atoms with Crippen LogP contribution in [0.2, 0.25) is 0 Å². The van der Waals surface area contributed by atoms with Gasteiger partial charge in [0.15, 0.2) is 12.4 Å². The molecule has 1 aliphatic heterocycles. The van der Waals surface area contributed by atoms with E-state index in [9.17, 15) is 29.7 Å². The second kappa shape index (κ2) is 12.5. The van der Waals surface area contributed by atoms with E-state index in [2.05, 4.69) is 11.1 Å². The number of hydrogen-bond donors (Lipinski definition) is 1. The zero-order valence-electron chi connectivity index (χ0n) is 22.9. The number of carbonyl (C=O) groups is 4. The molecule has 0 radical (unpaired) electrons. The number of nitrogen functional groups attached to an aromatic ring is 1. The molecule has 212 valence electrons. The highest BCUT2D eigenvalue weighted by atomic mass is 32.2. The Kier molecular flexibility index (Phi) is 8.89. The van der Waals surface area contributed by atoms with Crippen molar-refractivity contribution in [2.45, 2.75) is 36.5 Å². The lowest BCUT2D eigenvalue weighted by Crippen LogP contribution is -2.31. The predicted molar refractivity (Wildman–Crippen MR) is 153 cm³/mol. The summed E-state index contributed by atoms with van der Waals surface area (Å²) in [6.07, 6.45) is -0.149. The molecule has 2 N–H and O–H groups in total. The van der Waals surface area contributed by atoms with Gasteiger partial charge < -0.3 is 15.2 Å². The van der Waals surface area contributed by atoms with Crippen LogP contribution in [0.15, 0.2) is 53.6 Å². The van der Waals surface area contributed by atoms with Crippen LogP contribution in [-0.4, -0.2) is 47.5 Å². The number of ketones is 1. The molecule has 2 amide bonds. The Balaban J connectivity index is 1.45. The standard InChI is InChI=1S/C30H25N5O6S/c1-16(2)26-21(13-31)27(33)34-28(22(26)14-32)42-24-12-25(37)35(29(24)38)19-8-4-18(5-9-19)30(39)41-15-23(36)17-6-10-20(40-3)11-7-17/h4-11,16,24H,12,15H2,1-3H3,(H2,33,34). The fraction of sp³-hybridized carbons (Fsp3) is 0.233. The number of anilines is 2. The highest BCUT2D eigenvalue weighted by Gasteiger charge is 2.41. The van der Waals surface area contributed by atoms with Crippen molar-refractivity contribution in [2.24, 2.45) is 0 Å². The lowest BCUT2D eigenvalue weighted by atomic mass is 9.94. The highest BCUT2D eigenvalue weighted by molar-refractivity contribution is 8.00. The van der Waals surface area contributed by atoms with Gasteiger partial charge in [-0.25, -0.2) is 14.7 Å². The first-order valence-corrected chi connectivity index (χ1v) is 13.6. The number of rotatable bonds is 9. The minimum atomic E-state index is -0.877. The van der Waals surface area contributed by atoms with Gasteiger partial charge in [-0.3, -0.25) is 14.4 Å². The molecule has 4 rings (SSSR count). The van der Waals surface area contributed by atoms with Crippen molar-refractivity contribution >= 4 is 46.8 Å². The molecule has 2 heterocycles. The lowest BCUT2D eigenvalue weighted by molar-refractivity contribution is -0.121. The van der Waals surface area contributed by atoms with Crippen LogP contribution in [0.5, 0.6) is 5.75 Å². The number of hydrogen-bond acceptors (Lipinski definition) is 11. The van der Waals surface area contributed by atoms with Crippen LogP contribution >= 0.6 is 11.8 Å². The molecule has 0 aliphatic carbocycles. The Morgan fingerprint density at radius 1 is 1.05 bits per heavy atom. The third-order valence-corrected chi connectivity index (χ3v) is 7.67. The average Bonchev–Trinajstić information content (AvgIpc) is 3.27. The van der Waals surface area contributed by atoms with Gasteiger partial charge in [-0.05, 0) is 60.0 Å². The number of imide groups is 1. The van der Waals surface area contributed by atoms with Crippen molar-refractivity contribution in [3.8, 4) is 17.9 Å². The molecule has 1 aromatic heterocycles. The number of benzene rings is 2. The van der Waals surface area contributed by atoms with E-state index in [0.29, 0.717) is 16.9 Å². The summed E-state index contributed by atoms with van der Waals surface area (Å²) in [4.78, 5) is 56.2. The molecule has 1 unspecified atom stereocenters. The highest BCUT2D eigenvalue weighted by Crippen LogP contribution is 2.38. The first kappa shape index (κ1) is 29.8. The van der Waals surface area contributed by atoms with E-state index in [1.807, 2.05) is 19.9 Å². The van der Waals surface area contributed by atoms with Crippen LogP contribution < -0.4 is 15.4 Å². The van der Waals surface area contributed by atoms with Gasteiger partial charge >= 0.3 is 5.97 Å². The van der Waals surface area contributed by atoms with Gasteiger partial charge in [0.05, 0.1) is 34.7 Å². The molecule has 1 saturated heterocycles. The number of thioether (sulfide) groups is 1. The van der Waals surface area contributed by atoms with Crippen LogP contribution in [-0.2, 0) is 14.3 Å². The Morgan fingerprint density at radius 3 is 2.24 bits per heavy atom. The number of aromatic nitrogens is 1. The van der Waals surface area contributed by atoms with Crippen molar-refractivity contribution in [1.29, 1.82) is 10.5 Å². The first-order chi connectivity index (χ1) is 20.1. The summed E-state index contributed by atoms with van der Waals surface area (Å²) in [5, 5.41) is 18.6. The van der Waals surface area contributed by atoms with E-state index in [4.69, 9.17) is 15.2 Å². The number of nitrogens with zero attached hydrogens (tertiary/aromatic N) is 4. The number of esters is 1. The van der Waals surface area contributed by atoms with Crippen molar-refractivity contribution in [3.63, 3.8) is 0 Å². The number of methoxy groups -OCH3 is 1. The van der Waals surface area contributed by atoms with Crippen molar-refractivity contribution in [1.82, 2.24) is 4.98 Å². The van der Waals surface area contributed by atoms with E-state index >= 15 is 0 Å². The van der Waals surface area contributed by atoms with Crippen LogP contribution in [0.3, 0.4) is 0 Å². The number of pyridine rings is 1. The molecular formula is C30H25N5O6S. The Labute approximate surface area is 245 Å². The third kappa shape index (κ3) is 5.94. The Hall–Kier alpha value is -5.20. The van der Waals surface area contributed by atoms with E-state index in [-0.39, 0.29) is 45.6 Å². The normalized spacial score (nSPS) is 14.4. The van der Waals surface area contributed by atoms with Gasteiger partial charge in [0.25, 0.3) is 0 Å². The van der Waals surface area contributed by atoms with Crippen LogP contribution in [0.25, 0.3) is 0 Å². The maximum Gasteiger partial charge on any atom is 0.338 e. The van der Waals surface area contributed by atoms with E-state index in [1.54, 1.807) is 24.3 Å². The maximum absolute atomic E-state index is 13.3. The maximum atomic E-state index is 13.3. The second-order valence-electron chi connectivity index (χ2n) is 9.50. The smallest absolute Gasteiger partial charge is 0.338 e. The zero-order valence-corrected chi connectivity index (χ0v) is 23.7. The van der Waals surface area contributed by atoms with Crippen molar-refractivity contribution in [2.75, 3.05) is 24.4 Å². The number of Topliss-reactive ketones (excluding diaryl/α,β-unsaturated/α-hetero) is 1. The molecule has 0 saturated carbocycles. The van der Waals surface area contributed by atoms with Gasteiger partial charge in [0, 0.05) is 12.0 Å². The predicted octanol–water partition coefficient (Wildman–Crippen LogP) is 4.00. The van der Waals surface area contributed by atoms with Crippen LogP contribution in [0, 0.1) is 22.7 Å². The van der Waals surface area contributed by atoms with Gasteiger partial charge in [-0.15, -0.1) is 0 Å². The monoisotopic (exact) mass is 583 g/mol. The average molecular weight is 584 g/mol. The molecule has 0 bridgehead atoms. The molecule has 2 aromatic carbocycles. The second-order valence-corrected chi connectivity index (χ2v) is 10.7. The van der Waals surface area contributed by atoms with E-state index in [0.717, 1.165) is 16.7 Å². The van der Waals surface area contributed by atoms with Crippen LogP contribution in [0.4, 0.5) is 11.5 Å². The molecule has 1 aliphatic rings. The molecule has 12 heteroatoms. The van der Waals surface area contributed by atoms with Crippen molar-refractivity contribution in [3.05, 3.63) is 76.3 Å². The fourth-order valence-electron chi connectivity index (χ4n) is 4.41. The van der Waals surface area contributed by atoms with Crippen molar-refractivity contribution < 1.29 is 28.7 Å². The summed E-state index contributed by atoms with van der Waals surface area (Å²) in [5.41, 5.74) is 7.42. The third-order valence-electron chi connectivity index (χ3n) is 6.50. The number of amides is 2. The molecule has 11 nitrogen and oxygen atoms in total. The van der Waals surface area contributed by atoms with Crippen LogP contribution in [0.1, 0.15) is 63.6 Å². The minimum Gasteiger partial charge on any atom is -0.497 e. The SMILES string of the molecule is COc1ccc(C(=O)COC(=O)c2ccc(N3C(=O)CC(Sc4nc(N)c(C#N)c(C(C)C)c4C#N)C3=O)cc2)cc1. The Morgan fingerprint density at radius 2 is 1.67 bits per heavy atom. The summed E-state index contributed by atoms with van der Waals surface area (Å²) in [6.45, 7) is 3.16. The lowest BCUT2D eigenvalue weighted by Gasteiger charge is -2.17. The summed E-state index contributed by atoms with van der Waals surface area (Å²) in [5.74, 6) is -1.80. The quantitative estimate of drug-likeness (QED) is 0.219. The van der Waals surface area contributed by atoms with Gasteiger partial charge in [0.2, 0.25) is 11.8 Å². The number of carbonyl (C=O) groups excluding carboxylic acids is 4. The van der Waals surface area contributed by atoms with Gasteiger partial charge in [0.1, 0.15) is 28.7 Å². The van der Waals surface area contributed by atoms with E-state index < -0.39 is 35.4 Å². The van der Waals surface area contributed by atoms with Gasteiger partial charge in [-0.2, -0.15) is 10.5 Å². The van der Waals surface area contributed by atoms with Gasteiger partial charge in [-0.1, -0.05) is 25.6 Å². The number of nitrogens with two attached hydrogens (primary N) is 1. The first-order valence-electron chi connectivity index (χ1n) is 12.7. The zero-order chi connectivity index (χ0) is 30.6. The summed E-state index contributed by atoms with van der Waals surface area (Å²) in [6, 6.07) is 16.1. The molecule has 1 atom stereocenters. The Bertz CT molecular complexity index is 1660. The molecule has 1 fully saturated rings. The number of ether oxygens (including phenoxy) is 2. The molecular weight excluding hydrogens is 558 g/mol. The summed E-state index contributed by atoms with van der Waals surface area (Å²) < 4.78 is 10.2. The fourth-order valence-corrected chi connectivity index (χ4v) is 5.54. The van der Waals surface area contributed by atoms with E-state index in [1.165, 1.54) is 31.4 Å². The summed E-state index contributed by atoms with van der Waals surface area (Å²) in [7, 11) is 1.51. The summed E-state index contributed by atoms with van der Waals surface area (Å²) >= 11 is 0.947. The number of nitriles is 2.